The van der Waals surface area contributed by atoms with E-state index in [0.717, 1.165) is 12.3 Å². The Morgan fingerprint density at radius 1 is 1.33 bits per heavy atom. The zero-order valence-electron chi connectivity index (χ0n) is 9.79. The van der Waals surface area contributed by atoms with E-state index in [9.17, 15) is 0 Å². The lowest BCUT2D eigenvalue weighted by molar-refractivity contribution is 0.437. The summed E-state index contributed by atoms with van der Waals surface area (Å²) in [6.45, 7) is 3.89. The predicted molar refractivity (Wildman–Crippen MR) is 68.3 cm³/mol. The second kappa shape index (κ2) is 6.16. The summed E-state index contributed by atoms with van der Waals surface area (Å²) in [5.74, 6) is 1.13. The third-order valence-electron chi connectivity index (χ3n) is 2.27. The monoisotopic (exact) mass is 224 g/mol. The van der Waals surface area contributed by atoms with Crippen molar-refractivity contribution in [3.05, 3.63) is 29.3 Å². The van der Waals surface area contributed by atoms with E-state index in [-0.39, 0.29) is 0 Å². The van der Waals surface area contributed by atoms with Crippen LogP contribution in [0.3, 0.4) is 0 Å². The minimum atomic E-state index is 0.628. The molecule has 0 amide bonds. The van der Waals surface area contributed by atoms with E-state index in [2.05, 4.69) is 44.1 Å². The lowest BCUT2D eigenvalue weighted by Gasteiger charge is -2.10. The zero-order valence-corrected chi connectivity index (χ0v) is 10.6. The van der Waals surface area contributed by atoms with Crippen LogP contribution in [0.4, 0.5) is 0 Å². The first kappa shape index (κ1) is 12.6. The number of hydrogen-bond acceptors (Lipinski definition) is 3. The molecule has 0 aliphatic carbocycles. The molecule has 0 bridgehead atoms. The minimum absolute atomic E-state index is 0.628. The van der Waals surface area contributed by atoms with Gasteiger partial charge in [0.2, 0.25) is 0 Å². The van der Waals surface area contributed by atoms with Gasteiger partial charge in [0.05, 0.1) is 0 Å². The molecule has 0 saturated heterocycles. The van der Waals surface area contributed by atoms with E-state index in [1.165, 1.54) is 16.0 Å². The third kappa shape index (κ3) is 4.24. The zero-order chi connectivity index (χ0) is 11.3. The first-order valence-corrected chi connectivity index (χ1v) is 6.19. The lowest BCUT2D eigenvalue weighted by atomic mass is 10.1. The molecule has 15 heavy (non-hydrogen) atoms. The standard InChI is InChI=1S/C12H20N2S/c1-10-8-11(9-13)4-5-12(10)15-7-6-14(2)3/h4-5,8H,6-7,9,13H2,1-3H3. The molecule has 2 N–H and O–H groups in total. The van der Waals surface area contributed by atoms with Gasteiger partial charge in [-0.15, -0.1) is 11.8 Å². The smallest absolute Gasteiger partial charge is 0.0178 e. The average Bonchev–Trinajstić information content (AvgIpc) is 2.20. The quantitative estimate of drug-likeness (QED) is 0.777. The van der Waals surface area contributed by atoms with Crippen LogP contribution >= 0.6 is 11.8 Å². The van der Waals surface area contributed by atoms with Crippen LogP contribution in [0, 0.1) is 6.92 Å². The lowest BCUT2D eigenvalue weighted by Crippen LogP contribution is -2.14. The van der Waals surface area contributed by atoms with Crippen LogP contribution in [0.25, 0.3) is 0 Å². The van der Waals surface area contributed by atoms with E-state index >= 15 is 0 Å². The van der Waals surface area contributed by atoms with E-state index in [4.69, 9.17) is 5.73 Å². The predicted octanol–water partition coefficient (Wildman–Crippen LogP) is 2.11. The Hall–Kier alpha value is -0.510. The van der Waals surface area contributed by atoms with Crippen molar-refractivity contribution in [2.45, 2.75) is 18.4 Å². The van der Waals surface area contributed by atoms with E-state index in [1.807, 2.05) is 11.8 Å². The van der Waals surface area contributed by atoms with E-state index in [0.29, 0.717) is 6.54 Å². The molecular formula is C12H20N2S. The highest BCUT2D eigenvalue weighted by molar-refractivity contribution is 7.99. The van der Waals surface area contributed by atoms with Crippen molar-refractivity contribution in [3.63, 3.8) is 0 Å². The van der Waals surface area contributed by atoms with Crippen molar-refractivity contribution in [2.75, 3.05) is 26.4 Å². The number of benzene rings is 1. The summed E-state index contributed by atoms with van der Waals surface area (Å²) in [4.78, 5) is 3.57. The molecule has 1 aromatic carbocycles. The number of rotatable bonds is 5. The van der Waals surface area contributed by atoms with Crippen molar-refractivity contribution < 1.29 is 0 Å². The summed E-state index contributed by atoms with van der Waals surface area (Å²) in [6.07, 6.45) is 0. The van der Waals surface area contributed by atoms with Gasteiger partial charge >= 0.3 is 0 Å². The summed E-state index contributed by atoms with van der Waals surface area (Å²) >= 11 is 1.91. The van der Waals surface area contributed by atoms with Gasteiger partial charge in [-0.2, -0.15) is 0 Å². The molecule has 0 fully saturated rings. The maximum absolute atomic E-state index is 5.60. The molecule has 0 spiro atoms. The number of thioether (sulfide) groups is 1. The Morgan fingerprint density at radius 3 is 2.60 bits per heavy atom. The number of nitrogens with two attached hydrogens (primary N) is 1. The first-order chi connectivity index (χ1) is 7.13. The molecule has 0 atom stereocenters. The van der Waals surface area contributed by atoms with Gasteiger partial charge in [-0.3, -0.25) is 0 Å². The van der Waals surface area contributed by atoms with Gasteiger partial charge in [-0.05, 0) is 38.2 Å². The number of nitrogens with zero attached hydrogens (tertiary/aromatic N) is 1. The molecule has 0 aliphatic rings. The van der Waals surface area contributed by atoms with Crippen LogP contribution in [-0.4, -0.2) is 31.3 Å². The molecule has 0 aliphatic heterocycles. The van der Waals surface area contributed by atoms with Crippen LogP contribution in [-0.2, 0) is 6.54 Å². The number of hydrogen-bond donors (Lipinski definition) is 1. The fourth-order valence-corrected chi connectivity index (χ4v) is 2.47. The highest BCUT2D eigenvalue weighted by atomic mass is 32.2. The molecule has 0 heterocycles. The molecular weight excluding hydrogens is 204 g/mol. The molecule has 1 rings (SSSR count). The summed E-state index contributed by atoms with van der Waals surface area (Å²) in [7, 11) is 4.20. The van der Waals surface area contributed by atoms with Crippen molar-refractivity contribution in [3.8, 4) is 0 Å². The molecule has 0 radical (unpaired) electrons. The largest absolute Gasteiger partial charge is 0.326 e. The molecule has 0 unspecified atom stereocenters. The SMILES string of the molecule is Cc1cc(CN)ccc1SCCN(C)C. The molecule has 0 saturated carbocycles. The molecule has 84 valence electrons. The first-order valence-electron chi connectivity index (χ1n) is 5.20. The fourth-order valence-electron chi connectivity index (χ4n) is 1.34. The van der Waals surface area contributed by atoms with Crippen LogP contribution in [0.2, 0.25) is 0 Å². The van der Waals surface area contributed by atoms with Crippen molar-refractivity contribution in [1.82, 2.24) is 4.90 Å². The summed E-state index contributed by atoms with van der Waals surface area (Å²) < 4.78 is 0. The van der Waals surface area contributed by atoms with Gasteiger partial charge in [0.25, 0.3) is 0 Å². The van der Waals surface area contributed by atoms with Crippen LogP contribution in [0.1, 0.15) is 11.1 Å². The van der Waals surface area contributed by atoms with Crippen molar-refractivity contribution in [2.24, 2.45) is 5.73 Å². The van der Waals surface area contributed by atoms with Gasteiger partial charge in [0.1, 0.15) is 0 Å². The van der Waals surface area contributed by atoms with Crippen LogP contribution in [0.5, 0.6) is 0 Å². The summed E-state index contributed by atoms with van der Waals surface area (Å²) in [5.41, 5.74) is 8.14. The maximum atomic E-state index is 5.60. The highest BCUT2D eigenvalue weighted by Gasteiger charge is 2.00. The molecule has 2 nitrogen and oxygen atoms in total. The Morgan fingerprint density at radius 2 is 2.07 bits per heavy atom. The topological polar surface area (TPSA) is 29.3 Å². The Balaban J connectivity index is 2.54. The van der Waals surface area contributed by atoms with Crippen molar-refractivity contribution >= 4 is 11.8 Å². The Labute approximate surface area is 96.8 Å². The van der Waals surface area contributed by atoms with Gasteiger partial charge in [0.15, 0.2) is 0 Å². The average molecular weight is 224 g/mol. The third-order valence-corrected chi connectivity index (χ3v) is 3.43. The second-order valence-electron chi connectivity index (χ2n) is 3.96. The van der Waals surface area contributed by atoms with Gasteiger partial charge in [0, 0.05) is 23.7 Å². The van der Waals surface area contributed by atoms with Crippen LogP contribution < -0.4 is 5.73 Å². The Kier molecular flexibility index (Phi) is 5.15. The minimum Gasteiger partial charge on any atom is -0.326 e. The summed E-state index contributed by atoms with van der Waals surface area (Å²) in [6, 6.07) is 6.47. The molecule has 3 heteroatoms. The van der Waals surface area contributed by atoms with Crippen molar-refractivity contribution in [1.29, 1.82) is 0 Å². The highest BCUT2D eigenvalue weighted by Crippen LogP contribution is 2.22. The maximum Gasteiger partial charge on any atom is 0.0178 e. The fraction of sp³-hybridized carbons (Fsp3) is 0.500. The van der Waals surface area contributed by atoms with E-state index in [1.54, 1.807) is 0 Å². The Bertz CT molecular complexity index is 310. The summed E-state index contributed by atoms with van der Waals surface area (Å²) in [5, 5.41) is 0. The van der Waals surface area contributed by atoms with Crippen LogP contribution in [0.15, 0.2) is 23.1 Å². The van der Waals surface area contributed by atoms with Gasteiger partial charge in [-0.1, -0.05) is 12.1 Å². The van der Waals surface area contributed by atoms with Gasteiger partial charge < -0.3 is 10.6 Å². The molecule has 1 aromatic rings. The second-order valence-corrected chi connectivity index (χ2v) is 5.09. The van der Waals surface area contributed by atoms with Gasteiger partial charge in [-0.25, -0.2) is 0 Å². The normalized spacial score (nSPS) is 11.0. The number of aryl methyl sites for hydroxylation is 1. The molecule has 0 aromatic heterocycles. The van der Waals surface area contributed by atoms with E-state index < -0.39 is 0 Å².